The Morgan fingerprint density at radius 1 is 1.23 bits per heavy atom. The first-order valence-electron chi connectivity index (χ1n) is 10.0. The van der Waals surface area contributed by atoms with Gasteiger partial charge in [-0.1, -0.05) is 0 Å². The van der Waals surface area contributed by atoms with Crippen molar-refractivity contribution in [3.05, 3.63) is 41.6 Å². The third kappa shape index (κ3) is 5.87. The second-order valence-electron chi connectivity index (χ2n) is 7.96. The van der Waals surface area contributed by atoms with Gasteiger partial charge in [0.1, 0.15) is 11.6 Å². The predicted molar refractivity (Wildman–Crippen MR) is 119 cm³/mol. The van der Waals surface area contributed by atoms with Gasteiger partial charge in [0.2, 0.25) is 10.0 Å². The van der Waals surface area contributed by atoms with Crippen molar-refractivity contribution in [2.75, 3.05) is 56.2 Å². The van der Waals surface area contributed by atoms with Gasteiger partial charge in [-0.05, 0) is 40.1 Å². The molecule has 0 unspecified atom stereocenters. The van der Waals surface area contributed by atoms with E-state index in [0.29, 0.717) is 17.9 Å². The zero-order chi connectivity index (χ0) is 21.9. The van der Waals surface area contributed by atoms with E-state index >= 15 is 0 Å². The van der Waals surface area contributed by atoms with E-state index in [0.717, 1.165) is 49.8 Å². The van der Waals surface area contributed by atoms with E-state index in [1.165, 1.54) is 0 Å². The van der Waals surface area contributed by atoms with Gasteiger partial charge in [0.25, 0.3) is 0 Å². The highest BCUT2D eigenvalue weighted by molar-refractivity contribution is 7.92. The number of nitrogens with one attached hydrogen (secondary N) is 1. The van der Waals surface area contributed by atoms with Crippen LogP contribution in [0.3, 0.4) is 0 Å². The number of pyridine rings is 1. The van der Waals surface area contributed by atoms with Gasteiger partial charge in [0.15, 0.2) is 0 Å². The number of rotatable bonds is 7. The van der Waals surface area contributed by atoms with Gasteiger partial charge in [0, 0.05) is 45.0 Å². The van der Waals surface area contributed by atoms with E-state index < -0.39 is 10.0 Å². The summed E-state index contributed by atoms with van der Waals surface area (Å²) in [5, 5.41) is 0. The molecule has 1 atom stereocenters. The zero-order valence-corrected chi connectivity index (χ0v) is 19.1. The minimum absolute atomic E-state index is 0.113. The number of aryl methyl sites for hydroxylation is 1. The summed E-state index contributed by atoms with van der Waals surface area (Å²) in [4.78, 5) is 20.4. The minimum Gasteiger partial charge on any atom is -0.354 e. The van der Waals surface area contributed by atoms with Gasteiger partial charge in [-0.25, -0.2) is 18.4 Å². The quantitative estimate of drug-likeness (QED) is 0.702. The SMILES string of the molecule is Cc1nc(CN(C)[C@@H](C)c2ncccc2NS(C)(=O)=O)cc(N2CCN(C)CC2)n1. The van der Waals surface area contributed by atoms with E-state index in [-0.39, 0.29) is 6.04 Å². The lowest BCUT2D eigenvalue weighted by Crippen LogP contribution is -2.45. The van der Waals surface area contributed by atoms with Crippen molar-refractivity contribution >= 4 is 21.5 Å². The van der Waals surface area contributed by atoms with Crippen molar-refractivity contribution in [3.8, 4) is 0 Å². The third-order valence-electron chi connectivity index (χ3n) is 5.31. The Balaban J connectivity index is 1.77. The summed E-state index contributed by atoms with van der Waals surface area (Å²) in [6, 6.07) is 5.39. The Morgan fingerprint density at radius 2 is 1.93 bits per heavy atom. The van der Waals surface area contributed by atoms with Crippen LogP contribution < -0.4 is 9.62 Å². The normalized spacial score (nSPS) is 16.7. The number of aromatic nitrogens is 3. The molecule has 0 amide bonds. The average molecular weight is 434 g/mol. The van der Waals surface area contributed by atoms with Crippen molar-refractivity contribution in [1.82, 2.24) is 24.8 Å². The molecule has 3 heterocycles. The number of nitrogens with zero attached hydrogens (tertiary/aromatic N) is 6. The lowest BCUT2D eigenvalue weighted by Gasteiger charge is -2.33. The molecule has 0 aliphatic carbocycles. The molecule has 1 N–H and O–H groups in total. The van der Waals surface area contributed by atoms with Crippen LogP contribution in [0.5, 0.6) is 0 Å². The molecule has 30 heavy (non-hydrogen) atoms. The molecule has 0 aromatic carbocycles. The zero-order valence-electron chi connectivity index (χ0n) is 18.3. The number of hydrogen-bond donors (Lipinski definition) is 1. The van der Waals surface area contributed by atoms with E-state index in [2.05, 4.69) is 47.5 Å². The highest BCUT2D eigenvalue weighted by Crippen LogP contribution is 2.26. The molecule has 10 heteroatoms. The Labute approximate surface area is 179 Å². The number of hydrogen-bond acceptors (Lipinski definition) is 8. The molecular weight excluding hydrogens is 402 g/mol. The Kier molecular flexibility index (Phi) is 6.89. The standard InChI is InChI=1S/C20H31N7O2S/c1-15(20-18(7-6-8-21-20)24-30(5,28)29)26(4)14-17-13-19(23-16(2)22-17)27-11-9-25(3)10-12-27/h6-8,13,15,24H,9-12,14H2,1-5H3/t15-/m0/s1. The van der Waals surface area contributed by atoms with Crippen molar-refractivity contribution < 1.29 is 8.42 Å². The maximum Gasteiger partial charge on any atom is 0.229 e. The first-order chi connectivity index (χ1) is 14.1. The van der Waals surface area contributed by atoms with Crippen molar-refractivity contribution in [2.45, 2.75) is 26.4 Å². The maximum atomic E-state index is 11.7. The first kappa shape index (κ1) is 22.4. The lowest BCUT2D eigenvalue weighted by molar-refractivity contribution is 0.246. The highest BCUT2D eigenvalue weighted by atomic mass is 32.2. The fourth-order valence-corrected chi connectivity index (χ4v) is 4.10. The van der Waals surface area contributed by atoms with Crippen LogP contribution in [0.15, 0.2) is 24.4 Å². The molecular formula is C20H31N7O2S. The Bertz CT molecular complexity index is 975. The molecule has 2 aromatic rings. The first-order valence-corrected chi connectivity index (χ1v) is 11.9. The largest absolute Gasteiger partial charge is 0.354 e. The molecule has 1 aliphatic rings. The summed E-state index contributed by atoms with van der Waals surface area (Å²) in [6.07, 6.45) is 2.81. The molecule has 9 nitrogen and oxygen atoms in total. The van der Waals surface area contributed by atoms with Crippen molar-refractivity contribution in [3.63, 3.8) is 0 Å². The van der Waals surface area contributed by atoms with Crippen molar-refractivity contribution in [1.29, 1.82) is 0 Å². The molecule has 0 saturated carbocycles. The average Bonchev–Trinajstić information content (AvgIpc) is 2.66. The number of piperazine rings is 1. The molecule has 0 spiro atoms. The summed E-state index contributed by atoms with van der Waals surface area (Å²) in [6.45, 7) is 8.46. The van der Waals surface area contributed by atoms with E-state index in [9.17, 15) is 8.42 Å². The second kappa shape index (κ2) is 9.23. The predicted octanol–water partition coefficient (Wildman–Crippen LogP) is 1.50. The molecule has 0 bridgehead atoms. The van der Waals surface area contributed by atoms with Crippen LogP contribution in [0.1, 0.15) is 30.2 Å². The van der Waals surface area contributed by atoms with Crippen LogP contribution in [-0.2, 0) is 16.6 Å². The summed E-state index contributed by atoms with van der Waals surface area (Å²) >= 11 is 0. The van der Waals surface area contributed by atoms with Gasteiger partial charge in [0.05, 0.1) is 29.4 Å². The van der Waals surface area contributed by atoms with Crippen LogP contribution in [0.4, 0.5) is 11.5 Å². The number of sulfonamides is 1. The summed E-state index contributed by atoms with van der Waals surface area (Å²) in [5.41, 5.74) is 2.10. The summed E-state index contributed by atoms with van der Waals surface area (Å²) in [7, 11) is 0.733. The molecule has 1 saturated heterocycles. The van der Waals surface area contributed by atoms with Crippen LogP contribution in [0.25, 0.3) is 0 Å². The van der Waals surface area contributed by atoms with Gasteiger partial charge in [-0.2, -0.15) is 0 Å². The molecule has 164 valence electrons. The van der Waals surface area contributed by atoms with Crippen LogP contribution in [-0.4, -0.2) is 79.7 Å². The van der Waals surface area contributed by atoms with Crippen LogP contribution in [0.2, 0.25) is 0 Å². The smallest absolute Gasteiger partial charge is 0.229 e. The van der Waals surface area contributed by atoms with Gasteiger partial charge >= 0.3 is 0 Å². The summed E-state index contributed by atoms with van der Waals surface area (Å²) < 4.78 is 26.0. The molecule has 0 radical (unpaired) electrons. The van der Waals surface area contributed by atoms with Gasteiger partial charge in [-0.3, -0.25) is 14.6 Å². The highest BCUT2D eigenvalue weighted by Gasteiger charge is 2.21. The maximum absolute atomic E-state index is 11.7. The Hall–Kier alpha value is -2.30. The van der Waals surface area contributed by atoms with Crippen molar-refractivity contribution in [2.24, 2.45) is 0 Å². The lowest BCUT2D eigenvalue weighted by atomic mass is 10.1. The fraction of sp³-hybridized carbons (Fsp3) is 0.550. The van der Waals surface area contributed by atoms with E-state index in [1.54, 1.807) is 18.3 Å². The van der Waals surface area contributed by atoms with E-state index in [4.69, 9.17) is 0 Å². The van der Waals surface area contributed by atoms with E-state index in [1.807, 2.05) is 20.9 Å². The topological polar surface area (TPSA) is 94.6 Å². The molecule has 1 aliphatic heterocycles. The molecule has 1 fully saturated rings. The molecule has 3 rings (SSSR count). The Morgan fingerprint density at radius 3 is 2.60 bits per heavy atom. The second-order valence-corrected chi connectivity index (χ2v) is 9.70. The van der Waals surface area contributed by atoms with Gasteiger partial charge in [-0.15, -0.1) is 0 Å². The van der Waals surface area contributed by atoms with Gasteiger partial charge < -0.3 is 9.80 Å². The summed E-state index contributed by atoms with van der Waals surface area (Å²) in [5.74, 6) is 1.71. The van der Waals surface area contributed by atoms with Crippen LogP contribution >= 0.6 is 0 Å². The fourth-order valence-electron chi connectivity index (χ4n) is 3.53. The number of likely N-dealkylation sites (N-methyl/N-ethyl adjacent to an activating group) is 1. The third-order valence-corrected chi connectivity index (χ3v) is 5.90. The monoisotopic (exact) mass is 433 g/mol. The molecule has 2 aromatic heterocycles. The van der Waals surface area contributed by atoms with Crippen LogP contribution in [0, 0.1) is 6.92 Å². The number of anilines is 2. The minimum atomic E-state index is -3.38.